The van der Waals surface area contributed by atoms with E-state index in [-0.39, 0.29) is 0 Å². The molecule has 0 aliphatic rings. The van der Waals surface area contributed by atoms with Gasteiger partial charge in [-0.05, 0) is 12.1 Å². The summed E-state index contributed by atoms with van der Waals surface area (Å²) in [5.74, 6) is -0.971. The quantitative estimate of drug-likeness (QED) is 0.787. The number of pyridine rings is 1. The molecule has 1 aromatic heterocycles. The van der Waals surface area contributed by atoms with E-state index in [1.165, 1.54) is 6.07 Å². The molecule has 1 N–H and O–H groups in total. The van der Waals surface area contributed by atoms with Gasteiger partial charge in [-0.25, -0.2) is 0 Å². The summed E-state index contributed by atoms with van der Waals surface area (Å²) in [6.45, 7) is 0. The fourth-order valence-electron chi connectivity index (χ4n) is 1.75. The number of aromatic nitrogens is 1. The van der Waals surface area contributed by atoms with Crippen LogP contribution in [0.15, 0.2) is 36.5 Å². The molecule has 1 aromatic carbocycles. The van der Waals surface area contributed by atoms with Crippen molar-refractivity contribution in [3.05, 3.63) is 47.7 Å². The lowest BCUT2D eigenvalue weighted by Crippen LogP contribution is -2.09. The minimum atomic E-state index is -4.74. The summed E-state index contributed by atoms with van der Waals surface area (Å²) < 4.78 is 75.9. The highest BCUT2D eigenvalue weighted by Gasteiger charge is 2.35. The van der Waals surface area contributed by atoms with Gasteiger partial charge in [0.25, 0.3) is 0 Å². The highest BCUT2D eigenvalue weighted by molar-refractivity contribution is 5.70. The summed E-state index contributed by atoms with van der Waals surface area (Å²) in [5, 5.41) is 9.57. The topological polar surface area (TPSA) is 33.1 Å². The molecule has 0 saturated carbocycles. The molecule has 0 fully saturated rings. The molecule has 2 rings (SSSR count). The largest absolute Gasteiger partial charge is 0.506 e. The zero-order valence-corrected chi connectivity index (χ0v) is 10.1. The first-order valence-electron chi connectivity index (χ1n) is 5.53. The van der Waals surface area contributed by atoms with Crippen LogP contribution in [0.25, 0.3) is 11.3 Å². The number of hydrogen-bond donors (Lipinski definition) is 1. The first kappa shape index (κ1) is 15.1. The maximum absolute atomic E-state index is 12.8. The van der Waals surface area contributed by atoms with Crippen molar-refractivity contribution in [3.63, 3.8) is 0 Å². The molecule has 2 aromatic rings. The van der Waals surface area contributed by atoms with E-state index in [9.17, 15) is 31.4 Å². The van der Waals surface area contributed by atoms with Gasteiger partial charge in [0.1, 0.15) is 11.4 Å². The smallest absolute Gasteiger partial charge is 0.418 e. The molecule has 1 heterocycles. The first-order chi connectivity index (χ1) is 9.60. The second-order valence-corrected chi connectivity index (χ2v) is 4.13. The standard InChI is InChI=1S/C13H7F6NO/c14-12(15,16)7-5-10(21)11(20-6-7)8-3-1-2-4-9(8)13(17,18)19/h1-6,21H. The van der Waals surface area contributed by atoms with Crippen LogP contribution < -0.4 is 0 Å². The number of rotatable bonds is 1. The summed E-state index contributed by atoms with van der Waals surface area (Å²) in [6, 6.07) is 4.53. The summed E-state index contributed by atoms with van der Waals surface area (Å²) in [4.78, 5) is 3.32. The monoisotopic (exact) mass is 307 g/mol. The van der Waals surface area contributed by atoms with Crippen LogP contribution in [0.5, 0.6) is 5.75 Å². The van der Waals surface area contributed by atoms with Crippen LogP contribution in [-0.4, -0.2) is 10.1 Å². The zero-order valence-electron chi connectivity index (χ0n) is 10.1. The second-order valence-electron chi connectivity index (χ2n) is 4.13. The summed E-state index contributed by atoms with van der Waals surface area (Å²) in [5.41, 5.74) is -3.38. The molecule has 0 unspecified atom stereocenters. The van der Waals surface area contributed by atoms with E-state index in [2.05, 4.69) is 4.98 Å². The highest BCUT2D eigenvalue weighted by atomic mass is 19.4. The number of hydrogen-bond acceptors (Lipinski definition) is 2. The Labute approximate surface area is 114 Å². The molecule has 21 heavy (non-hydrogen) atoms. The molecule has 0 radical (unpaired) electrons. The van der Waals surface area contributed by atoms with Crippen LogP contribution in [0.4, 0.5) is 26.3 Å². The van der Waals surface area contributed by atoms with Crippen molar-refractivity contribution in [3.8, 4) is 17.0 Å². The normalized spacial score (nSPS) is 12.5. The maximum atomic E-state index is 12.8. The van der Waals surface area contributed by atoms with Crippen LogP contribution in [0.1, 0.15) is 11.1 Å². The van der Waals surface area contributed by atoms with E-state index in [1.54, 1.807) is 0 Å². The Bertz CT molecular complexity index is 662. The van der Waals surface area contributed by atoms with Crippen LogP contribution in [0, 0.1) is 0 Å². The van der Waals surface area contributed by atoms with E-state index >= 15 is 0 Å². The summed E-state index contributed by atoms with van der Waals surface area (Å²) in [6.07, 6.45) is -9.08. The Balaban J connectivity index is 2.59. The lowest BCUT2D eigenvalue weighted by molar-refractivity contribution is -0.138. The van der Waals surface area contributed by atoms with E-state index in [4.69, 9.17) is 0 Å². The number of benzene rings is 1. The average molecular weight is 307 g/mol. The van der Waals surface area contributed by atoms with Crippen molar-refractivity contribution in [1.82, 2.24) is 4.98 Å². The molecule has 2 nitrogen and oxygen atoms in total. The fourth-order valence-corrected chi connectivity index (χ4v) is 1.75. The lowest BCUT2D eigenvalue weighted by Gasteiger charge is -2.14. The van der Waals surface area contributed by atoms with Crippen molar-refractivity contribution in [2.75, 3.05) is 0 Å². The van der Waals surface area contributed by atoms with Crippen molar-refractivity contribution >= 4 is 0 Å². The summed E-state index contributed by atoms with van der Waals surface area (Å²) in [7, 11) is 0. The molecular weight excluding hydrogens is 300 g/mol. The molecule has 112 valence electrons. The predicted molar refractivity (Wildman–Crippen MR) is 61.3 cm³/mol. The van der Waals surface area contributed by atoms with Gasteiger partial charge in [0.2, 0.25) is 0 Å². The Morgan fingerprint density at radius 3 is 2.05 bits per heavy atom. The van der Waals surface area contributed by atoms with Gasteiger partial charge < -0.3 is 5.11 Å². The van der Waals surface area contributed by atoms with Gasteiger partial charge in [-0.1, -0.05) is 18.2 Å². The molecular formula is C13H7F6NO. The van der Waals surface area contributed by atoms with Crippen LogP contribution in [0.2, 0.25) is 0 Å². The Morgan fingerprint density at radius 2 is 1.52 bits per heavy atom. The van der Waals surface area contributed by atoms with E-state index in [1.807, 2.05) is 0 Å². The van der Waals surface area contributed by atoms with Gasteiger partial charge in [0.15, 0.2) is 0 Å². The molecule has 0 atom stereocenters. The number of alkyl halides is 6. The molecule has 0 bridgehead atoms. The van der Waals surface area contributed by atoms with Gasteiger partial charge in [-0.15, -0.1) is 0 Å². The minimum absolute atomic E-state index is 0.343. The molecule has 0 aliphatic heterocycles. The Kier molecular flexibility index (Phi) is 3.56. The second kappa shape index (κ2) is 4.94. The number of nitrogens with zero attached hydrogens (tertiary/aromatic N) is 1. The molecule has 0 aliphatic carbocycles. The molecule has 0 spiro atoms. The SMILES string of the molecule is Oc1cc(C(F)(F)F)cnc1-c1ccccc1C(F)(F)F. The molecule has 0 saturated heterocycles. The first-order valence-corrected chi connectivity index (χ1v) is 5.53. The van der Waals surface area contributed by atoms with Crippen molar-refractivity contribution in [1.29, 1.82) is 0 Å². The fraction of sp³-hybridized carbons (Fsp3) is 0.154. The van der Waals surface area contributed by atoms with Crippen LogP contribution >= 0.6 is 0 Å². The minimum Gasteiger partial charge on any atom is -0.506 e. The maximum Gasteiger partial charge on any atom is 0.418 e. The number of halogens is 6. The predicted octanol–water partition coefficient (Wildman–Crippen LogP) is 4.49. The van der Waals surface area contributed by atoms with Gasteiger partial charge in [-0.3, -0.25) is 4.98 Å². The Hall–Kier alpha value is -2.25. The van der Waals surface area contributed by atoms with E-state index < -0.39 is 40.5 Å². The van der Waals surface area contributed by atoms with Crippen molar-refractivity contribution in [2.24, 2.45) is 0 Å². The van der Waals surface area contributed by atoms with Crippen LogP contribution in [0.3, 0.4) is 0 Å². The summed E-state index contributed by atoms with van der Waals surface area (Å²) >= 11 is 0. The van der Waals surface area contributed by atoms with Crippen molar-refractivity contribution in [2.45, 2.75) is 12.4 Å². The van der Waals surface area contributed by atoms with Gasteiger partial charge in [-0.2, -0.15) is 26.3 Å². The van der Waals surface area contributed by atoms with Crippen molar-refractivity contribution < 1.29 is 31.4 Å². The lowest BCUT2D eigenvalue weighted by atomic mass is 10.0. The third kappa shape index (κ3) is 3.09. The highest BCUT2D eigenvalue weighted by Crippen LogP contribution is 2.40. The average Bonchev–Trinajstić information content (AvgIpc) is 2.36. The third-order valence-electron chi connectivity index (χ3n) is 2.68. The van der Waals surface area contributed by atoms with Gasteiger partial charge in [0, 0.05) is 11.8 Å². The van der Waals surface area contributed by atoms with Gasteiger partial charge >= 0.3 is 12.4 Å². The van der Waals surface area contributed by atoms with Crippen LogP contribution in [-0.2, 0) is 12.4 Å². The Morgan fingerprint density at radius 1 is 0.905 bits per heavy atom. The zero-order chi connectivity index (χ0) is 15.8. The third-order valence-corrected chi connectivity index (χ3v) is 2.68. The molecule has 8 heteroatoms. The van der Waals surface area contributed by atoms with Gasteiger partial charge in [0.05, 0.1) is 11.1 Å². The molecule has 0 amide bonds. The van der Waals surface area contributed by atoms with E-state index in [0.29, 0.717) is 12.3 Å². The van der Waals surface area contributed by atoms with E-state index in [0.717, 1.165) is 18.2 Å². The number of aromatic hydroxyl groups is 1.